The Kier molecular flexibility index (Phi) is 3.66. The maximum Gasteiger partial charge on any atom is 0.290 e. The smallest absolute Gasteiger partial charge is 0.290 e. The summed E-state index contributed by atoms with van der Waals surface area (Å²) in [5, 5.41) is 0. The largest absolute Gasteiger partial charge is 0.456 e. The first-order valence-corrected chi connectivity index (χ1v) is 7.57. The van der Waals surface area contributed by atoms with Gasteiger partial charge in [0.2, 0.25) is 0 Å². The molecule has 2 heterocycles. The Morgan fingerprint density at radius 2 is 2.00 bits per heavy atom. The zero-order chi connectivity index (χ0) is 14.1. The highest BCUT2D eigenvalue weighted by Crippen LogP contribution is 2.33. The maximum atomic E-state index is 12.5. The van der Waals surface area contributed by atoms with Crippen molar-refractivity contribution in [1.82, 2.24) is 4.90 Å². The van der Waals surface area contributed by atoms with Crippen LogP contribution in [0.25, 0.3) is 0 Å². The third-order valence-electron chi connectivity index (χ3n) is 3.72. The average molecular weight is 334 g/mol. The number of carbonyl (C=O) groups is 1. The SMILES string of the molecule is Cc1ccc(C(=O)N2CCC[C@@H]2c2ccc(Br)cc2)o1. The van der Waals surface area contributed by atoms with Crippen molar-refractivity contribution in [2.24, 2.45) is 0 Å². The second-order valence-electron chi connectivity index (χ2n) is 5.12. The van der Waals surface area contributed by atoms with Gasteiger partial charge < -0.3 is 9.32 Å². The number of halogens is 1. The van der Waals surface area contributed by atoms with Crippen molar-refractivity contribution in [3.05, 3.63) is 58.0 Å². The van der Waals surface area contributed by atoms with E-state index in [1.165, 1.54) is 5.56 Å². The maximum absolute atomic E-state index is 12.5. The number of rotatable bonds is 2. The van der Waals surface area contributed by atoms with Gasteiger partial charge in [0.05, 0.1) is 6.04 Å². The standard InChI is InChI=1S/C16H16BrNO2/c1-11-4-9-15(20-11)16(19)18-10-2-3-14(18)12-5-7-13(17)8-6-12/h4-9,14H,2-3,10H2,1H3/t14-/m1/s1. The summed E-state index contributed by atoms with van der Waals surface area (Å²) in [5.74, 6) is 1.20. The summed E-state index contributed by atoms with van der Waals surface area (Å²) in [6, 6.07) is 11.9. The van der Waals surface area contributed by atoms with Gasteiger partial charge in [0.25, 0.3) is 5.91 Å². The molecular formula is C16H16BrNO2. The van der Waals surface area contributed by atoms with Crippen LogP contribution in [0.3, 0.4) is 0 Å². The number of nitrogens with zero attached hydrogens (tertiary/aromatic N) is 1. The Morgan fingerprint density at radius 1 is 1.25 bits per heavy atom. The van der Waals surface area contributed by atoms with Gasteiger partial charge in [0, 0.05) is 11.0 Å². The first-order valence-electron chi connectivity index (χ1n) is 6.78. The molecule has 0 N–H and O–H groups in total. The Bertz CT molecular complexity index is 618. The lowest BCUT2D eigenvalue weighted by atomic mass is 10.0. The summed E-state index contributed by atoms with van der Waals surface area (Å²) < 4.78 is 6.52. The van der Waals surface area contributed by atoms with Crippen molar-refractivity contribution in [3.8, 4) is 0 Å². The summed E-state index contributed by atoms with van der Waals surface area (Å²) in [4.78, 5) is 14.5. The van der Waals surface area contributed by atoms with E-state index in [4.69, 9.17) is 4.42 Å². The van der Waals surface area contributed by atoms with Crippen LogP contribution >= 0.6 is 15.9 Å². The molecule has 0 aliphatic carbocycles. The topological polar surface area (TPSA) is 33.5 Å². The number of benzene rings is 1. The first-order chi connectivity index (χ1) is 9.65. The van der Waals surface area contributed by atoms with E-state index in [9.17, 15) is 4.79 Å². The molecule has 3 nitrogen and oxygen atoms in total. The first kappa shape index (κ1) is 13.4. The predicted molar refractivity (Wildman–Crippen MR) is 80.6 cm³/mol. The fourth-order valence-electron chi connectivity index (χ4n) is 2.73. The molecule has 0 saturated carbocycles. The van der Waals surface area contributed by atoms with Gasteiger partial charge in [-0.05, 0) is 49.6 Å². The van der Waals surface area contributed by atoms with Gasteiger partial charge in [0.1, 0.15) is 5.76 Å². The van der Waals surface area contributed by atoms with E-state index < -0.39 is 0 Å². The van der Waals surface area contributed by atoms with Crippen molar-refractivity contribution >= 4 is 21.8 Å². The normalized spacial score (nSPS) is 18.5. The number of amides is 1. The summed E-state index contributed by atoms with van der Waals surface area (Å²) in [7, 11) is 0. The van der Waals surface area contributed by atoms with Gasteiger partial charge >= 0.3 is 0 Å². The minimum atomic E-state index is -0.0106. The molecule has 2 aromatic rings. The third-order valence-corrected chi connectivity index (χ3v) is 4.25. The number of likely N-dealkylation sites (tertiary alicyclic amines) is 1. The number of aryl methyl sites for hydroxylation is 1. The Labute approximate surface area is 126 Å². The highest BCUT2D eigenvalue weighted by Gasteiger charge is 2.31. The number of furan rings is 1. The zero-order valence-electron chi connectivity index (χ0n) is 11.3. The molecule has 3 rings (SSSR count). The Hall–Kier alpha value is -1.55. The van der Waals surface area contributed by atoms with E-state index in [1.807, 2.05) is 30.0 Å². The lowest BCUT2D eigenvalue weighted by molar-refractivity contribution is 0.0702. The molecule has 1 aromatic carbocycles. The zero-order valence-corrected chi connectivity index (χ0v) is 12.9. The molecule has 1 aliphatic heterocycles. The molecule has 1 amide bonds. The van der Waals surface area contributed by atoms with E-state index in [0.29, 0.717) is 5.76 Å². The van der Waals surface area contributed by atoms with Gasteiger partial charge in [-0.25, -0.2) is 0 Å². The van der Waals surface area contributed by atoms with E-state index in [2.05, 4.69) is 28.1 Å². The molecule has 1 fully saturated rings. The second-order valence-corrected chi connectivity index (χ2v) is 6.03. The number of hydrogen-bond acceptors (Lipinski definition) is 2. The third kappa shape index (κ3) is 2.52. The van der Waals surface area contributed by atoms with Crippen molar-refractivity contribution in [3.63, 3.8) is 0 Å². The van der Waals surface area contributed by atoms with Gasteiger partial charge in [-0.3, -0.25) is 4.79 Å². The average Bonchev–Trinajstić information content (AvgIpc) is 3.07. The van der Waals surface area contributed by atoms with Crippen LogP contribution in [0.5, 0.6) is 0 Å². The second kappa shape index (κ2) is 5.44. The van der Waals surface area contributed by atoms with Crippen molar-refractivity contribution in [2.45, 2.75) is 25.8 Å². The number of hydrogen-bond donors (Lipinski definition) is 0. The van der Waals surface area contributed by atoms with Crippen molar-refractivity contribution < 1.29 is 9.21 Å². The molecular weight excluding hydrogens is 318 g/mol. The van der Waals surface area contributed by atoms with E-state index >= 15 is 0 Å². The molecule has 1 aromatic heterocycles. The Balaban J connectivity index is 1.85. The minimum absolute atomic E-state index is 0.0106. The molecule has 0 spiro atoms. The molecule has 0 radical (unpaired) electrons. The number of carbonyl (C=O) groups excluding carboxylic acids is 1. The molecule has 0 bridgehead atoms. The van der Waals surface area contributed by atoms with Gasteiger partial charge in [-0.15, -0.1) is 0 Å². The lowest BCUT2D eigenvalue weighted by Gasteiger charge is -2.24. The predicted octanol–water partition coefficient (Wildman–Crippen LogP) is 4.33. The highest BCUT2D eigenvalue weighted by atomic mass is 79.9. The van der Waals surface area contributed by atoms with Crippen LogP contribution in [0, 0.1) is 6.92 Å². The quantitative estimate of drug-likeness (QED) is 0.819. The van der Waals surface area contributed by atoms with Crippen LogP contribution in [0.1, 0.15) is 40.8 Å². The summed E-state index contributed by atoms with van der Waals surface area (Å²) >= 11 is 3.44. The van der Waals surface area contributed by atoms with Crippen molar-refractivity contribution in [1.29, 1.82) is 0 Å². The minimum Gasteiger partial charge on any atom is -0.456 e. The van der Waals surface area contributed by atoms with Crippen LogP contribution in [0.2, 0.25) is 0 Å². The van der Waals surface area contributed by atoms with Gasteiger partial charge in [0.15, 0.2) is 5.76 Å². The van der Waals surface area contributed by atoms with Crippen LogP contribution in [-0.4, -0.2) is 17.4 Å². The molecule has 1 saturated heterocycles. The summed E-state index contributed by atoms with van der Waals surface area (Å²) in [6.45, 7) is 2.65. The van der Waals surface area contributed by atoms with E-state index in [0.717, 1.165) is 29.6 Å². The van der Waals surface area contributed by atoms with Crippen molar-refractivity contribution in [2.75, 3.05) is 6.54 Å². The fraction of sp³-hybridized carbons (Fsp3) is 0.312. The van der Waals surface area contributed by atoms with Crippen LogP contribution in [0.15, 0.2) is 45.3 Å². The van der Waals surface area contributed by atoms with Gasteiger partial charge in [-0.1, -0.05) is 28.1 Å². The molecule has 1 aliphatic rings. The monoisotopic (exact) mass is 333 g/mol. The molecule has 1 atom stereocenters. The summed E-state index contributed by atoms with van der Waals surface area (Å²) in [5.41, 5.74) is 1.18. The molecule has 4 heteroatoms. The fourth-order valence-corrected chi connectivity index (χ4v) is 3.00. The van der Waals surface area contributed by atoms with E-state index in [1.54, 1.807) is 6.07 Å². The van der Waals surface area contributed by atoms with Gasteiger partial charge in [-0.2, -0.15) is 0 Å². The molecule has 0 unspecified atom stereocenters. The van der Waals surface area contributed by atoms with Crippen LogP contribution < -0.4 is 0 Å². The lowest BCUT2D eigenvalue weighted by Crippen LogP contribution is -2.30. The van der Waals surface area contributed by atoms with Crippen LogP contribution in [-0.2, 0) is 0 Å². The molecule has 20 heavy (non-hydrogen) atoms. The van der Waals surface area contributed by atoms with Crippen LogP contribution in [0.4, 0.5) is 0 Å². The van der Waals surface area contributed by atoms with E-state index in [-0.39, 0.29) is 11.9 Å². The summed E-state index contributed by atoms with van der Waals surface area (Å²) in [6.07, 6.45) is 2.04. The highest BCUT2D eigenvalue weighted by molar-refractivity contribution is 9.10. The Morgan fingerprint density at radius 3 is 2.65 bits per heavy atom. The molecule has 104 valence electrons.